The molecule has 1 unspecified atom stereocenters. The summed E-state index contributed by atoms with van der Waals surface area (Å²) in [7, 11) is 0. The molecule has 0 aliphatic heterocycles. The highest BCUT2D eigenvalue weighted by Crippen LogP contribution is 2.26. The highest BCUT2D eigenvalue weighted by Gasteiger charge is 2.25. The van der Waals surface area contributed by atoms with E-state index in [0.717, 1.165) is 4.88 Å². The quantitative estimate of drug-likeness (QED) is 0.367. The number of ether oxygens (including phenoxy) is 2. The monoisotopic (exact) mass is 480 g/mol. The van der Waals surface area contributed by atoms with Crippen LogP contribution < -0.4 is 10.1 Å². The molecule has 1 N–H and O–H groups in total. The van der Waals surface area contributed by atoms with Gasteiger partial charge in [0.2, 0.25) is 0 Å². The van der Waals surface area contributed by atoms with Crippen LogP contribution in [0.4, 0.5) is 10.1 Å². The standard InChI is InChI=1S/C24H21FN4O4S/c1-3-32-19-8-5-4-7-18(19)26-23(30)15(2)33-24(31)21-27-22(20-9-6-14-34-20)29(28-21)17-12-10-16(25)11-13-17/h4-15H,3H2,1-2H3,(H,26,30). The number of esters is 1. The lowest BCUT2D eigenvalue weighted by Crippen LogP contribution is -2.30. The zero-order valence-corrected chi connectivity index (χ0v) is 19.2. The molecule has 4 aromatic rings. The second kappa shape index (κ2) is 10.3. The number of thiophene rings is 1. The third-order valence-corrected chi connectivity index (χ3v) is 5.57. The topological polar surface area (TPSA) is 95.3 Å². The first-order chi connectivity index (χ1) is 16.5. The molecule has 0 spiro atoms. The van der Waals surface area contributed by atoms with Crippen molar-refractivity contribution in [3.8, 4) is 22.1 Å². The lowest BCUT2D eigenvalue weighted by atomic mass is 10.2. The Bertz CT molecular complexity index is 1290. The maximum absolute atomic E-state index is 13.4. The van der Waals surface area contributed by atoms with Gasteiger partial charge in [-0.05, 0) is 61.7 Å². The van der Waals surface area contributed by atoms with Crippen molar-refractivity contribution in [3.05, 3.63) is 77.7 Å². The number of nitrogens with one attached hydrogen (secondary N) is 1. The van der Waals surface area contributed by atoms with E-state index in [2.05, 4.69) is 15.4 Å². The van der Waals surface area contributed by atoms with Crippen LogP contribution in [0.3, 0.4) is 0 Å². The van der Waals surface area contributed by atoms with Crippen LogP contribution in [-0.4, -0.2) is 39.4 Å². The summed E-state index contributed by atoms with van der Waals surface area (Å²) in [6, 6.07) is 16.3. The Labute approximate surface area is 199 Å². The summed E-state index contributed by atoms with van der Waals surface area (Å²) in [5, 5.41) is 8.83. The van der Waals surface area contributed by atoms with E-state index >= 15 is 0 Å². The number of hydrogen-bond donors (Lipinski definition) is 1. The van der Waals surface area contributed by atoms with Crippen molar-refractivity contribution in [3.63, 3.8) is 0 Å². The molecule has 174 valence electrons. The van der Waals surface area contributed by atoms with Crippen molar-refractivity contribution in [1.29, 1.82) is 0 Å². The first kappa shape index (κ1) is 23.1. The number of benzene rings is 2. The maximum atomic E-state index is 13.4. The fourth-order valence-corrected chi connectivity index (χ4v) is 3.78. The second-order valence-corrected chi connectivity index (χ2v) is 8.04. The Balaban J connectivity index is 1.53. The predicted octanol–water partition coefficient (Wildman–Crippen LogP) is 4.72. The molecule has 1 amide bonds. The molecule has 4 rings (SSSR count). The molecule has 2 aromatic heterocycles. The van der Waals surface area contributed by atoms with Gasteiger partial charge in [-0.15, -0.1) is 16.4 Å². The van der Waals surface area contributed by atoms with Gasteiger partial charge in [-0.25, -0.2) is 13.9 Å². The van der Waals surface area contributed by atoms with Crippen molar-refractivity contribution in [2.24, 2.45) is 0 Å². The van der Waals surface area contributed by atoms with Crippen LogP contribution in [0.2, 0.25) is 0 Å². The number of anilines is 1. The van der Waals surface area contributed by atoms with Gasteiger partial charge in [0.1, 0.15) is 11.6 Å². The van der Waals surface area contributed by atoms with E-state index in [1.807, 2.05) is 24.4 Å². The molecule has 2 aromatic carbocycles. The summed E-state index contributed by atoms with van der Waals surface area (Å²) >= 11 is 1.41. The molecule has 2 heterocycles. The SMILES string of the molecule is CCOc1ccccc1NC(=O)C(C)OC(=O)c1nc(-c2cccs2)n(-c2ccc(F)cc2)n1. The van der Waals surface area contributed by atoms with E-state index in [4.69, 9.17) is 9.47 Å². The van der Waals surface area contributed by atoms with Gasteiger partial charge in [0.15, 0.2) is 11.9 Å². The van der Waals surface area contributed by atoms with Crippen molar-refractivity contribution < 1.29 is 23.5 Å². The second-order valence-electron chi connectivity index (χ2n) is 7.09. The minimum absolute atomic E-state index is 0.220. The molecular weight excluding hydrogens is 459 g/mol. The summed E-state index contributed by atoms with van der Waals surface area (Å²) in [5.41, 5.74) is 0.991. The van der Waals surface area contributed by atoms with Crippen LogP contribution in [0.25, 0.3) is 16.4 Å². The number of rotatable bonds is 8. The Kier molecular flexibility index (Phi) is 6.98. The average molecular weight is 481 g/mol. The highest BCUT2D eigenvalue weighted by molar-refractivity contribution is 7.13. The molecule has 0 saturated carbocycles. The van der Waals surface area contributed by atoms with Gasteiger partial charge >= 0.3 is 5.97 Å². The van der Waals surface area contributed by atoms with E-state index in [-0.39, 0.29) is 5.82 Å². The van der Waals surface area contributed by atoms with E-state index in [1.54, 1.807) is 24.3 Å². The first-order valence-corrected chi connectivity index (χ1v) is 11.3. The third-order valence-electron chi connectivity index (χ3n) is 4.70. The van der Waals surface area contributed by atoms with Crippen LogP contribution in [0.5, 0.6) is 5.75 Å². The molecule has 0 saturated heterocycles. The molecule has 0 fully saturated rings. The number of carbonyl (C=O) groups is 2. The van der Waals surface area contributed by atoms with Crippen LogP contribution in [-0.2, 0) is 9.53 Å². The molecule has 0 bridgehead atoms. The van der Waals surface area contributed by atoms with Crippen LogP contribution in [0.15, 0.2) is 66.0 Å². The first-order valence-electron chi connectivity index (χ1n) is 10.5. The van der Waals surface area contributed by atoms with Crippen molar-refractivity contribution in [2.75, 3.05) is 11.9 Å². The number of para-hydroxylation sites is 2. The predicted molar refractivity (Wildman–Crippen MR) is 126 cm³/mol. The molecule has 0 aliphatic carbocycles. The van der Waals surface area contributed by atoms with Gasteiger partial charge in [0.05, 0.1) is 22.9 Å². The van der Waals surface area contributed by atoms with Gasteiger partial charge in [0.25, 0.3) is 11.7 Å². The number of nitrogens with zero attached hydrogens (tertiary/aromatic N) is 3. The van der Waals surface area contributed by atoms with Crippen molar-refractivity contribution in [1.82, 2.24) is 14.8 Å². The highest BCUT2D eigenvalue weighted by atomic mass is 32.1. The van der Waals surface area contributed by atoms with E-state index in [0.29, 0.717) is 29.6 Å². The zero-order valence-electron chi connectivity index (χ0n) is 18.4. The van der Waals surface area contributed by atoms with Crippen LogP contribution in [0, 0.1) is 5.82 Å². The number of halogens is 1. The Hall–Kier alpha value is -4.05. The smallest absolute Gasteiger partial charge is 0.379 e. The summed E-state index contributed by atoms with van der Waals surface area (Å²) in [4.78, 5) is 30.5. The summed E-state index contributed by atoms with van der Waals surface area (Å²) in [5.74, 6) is -1.10. The summed E-state index contributed by atoms with van der Waals surface area (Å²) in [6.45, 7) is 3.73. The van der Waals surface area contributed by atoms with Crippen LogP contribution >= 0.6 is 11.3 Å². The van der Waals surface area contributed by atoms with Gasteiger partial charge in [-0.2, -0.15) is 4.98 Å². The average Bonchev–Trinajstić information content (AvgIpc) is 3.51. The van der Waals surface area contributed by atoms with E-state index in [9.17, 15) is 14.0 Å². The summed E-state index contributed by atoms with van der Waals surface area (Å²) in [6.07, 6.45) is -1.12. The van der Waals surface area contributed by atoms with Crippen molar-refractivity contribution in [2.45, 2.75) is 20.0 Å². The molecule has 0 radical (unpaired) electrons. The van der Waals surface area contributed by atoms with Gasteiger partial charge in [0, 0.05) is 0 Å². The number of aromatic nitrogens is 3. The summed E-state index contributed by atoms with van der Waals surface area (Å²) < 4.78 is 25.7. The Morgan fingerprint density at radius 1 is 1.12 bits per heavy atom. The zero-order chi connectivity index (χ0) is 24.1. The third kappa shape index (κ3) is 5.12. The number of hydrogen-bond acceptors (Lipinski definition) is 7. The van der Waals surface area contributed by atoms with E-state index < -0.39 is 23.8 Å². The Morgan fingerprint density at radius 2 is 1.88 bits per heavy atom. The molecule has 0 aliphatic rings. The lowest BCUT2D eigenvalue weighted by molar-refractivity contribution is -0.123. The number of amides is 1. The van der Waals surface area contributed by atoms with Gasteiger partial charge < -0.3 is 14.8 Å². The normalized spacial score (nSPS) is 11.6. The molecule has 1 atom stereocenters. The van der Waals surface area contributed by atoms with Crippen LogP contribution in [0.1, 0.15) is 24.5 Å². The minimum atomic E-state index is -1.12. The molecule has 8 nitrogen and oxygen atoms in total. The Morgan fingerprint density at radius 3 is 2.59 bits per heavy atom. The molecule has 10 heteroatoms. The largest absolute Gasteiger partial charge is 0.492 e. The fraction of sp³-hybridized carbons (Fsp3) is 0.167. The van der Waals surface area contributed by atoms with Gasteiger partial charge in [-0.3, -0.25) is 4.79 Å². The van der Waals surface area contributed by atoms with E-state index in [1.165, 1.54) is 47.2 Å². The minimum Gasteiger partial charge on any atom is -0.492 e. The molecule has 34 heavy (non-hydrogen) atoms. The number of carbonyl (C=O) groups excluding carboxylic acids is 2. The van der Waals surface area contributed by atoms with Crippen molar-refractivity contribution >= 4 is 28.9 Å². The van der Waals surface area contributed by atoms with Gasteiger partial charge in [-0.1, -0.05) is 18.2 Å². The fourth-order valence-electron chi connectivity index (χ4n) is 3.08. The maximum Gasteiger partial charge on any atom is 0.379 e. The molecular formula is C24H21FN4O4S. The lowest BCUT2D eigenvalue weighted by Gasteiger charge is -2.15.